The molecule has 1 aliphatic heterocycles. The molecule has 1 heterocycles. The minimum absolute atomic E-state index is 0.00799. The van der Waals surface area contributed by atoms with Crippen LogP contribution < -0.4 is 0 Å². The summed E-state index contributed by atoms with van der Waals surface area (Å²) in [6.07, 6.45) is 0.452. The van der Waals surface area contributed by atoms with Gasteiger partial charge in [0, 0.05) is 19.2 Å². The number of amides is 1. The number of rotatable bonds is 11. The molecule has 3 rings (SSSR count). The number of sulfonamides is 1. The van der Waals surface area contributed by atoms with Crippen LogP contribution in [0.2, 0.25) is 0 Å². The molecule has 11 heteroatoms. The second kappa shape index (κ2) is 12.5. The first-order valence-corrected chi connectivity index (χ1v) is 14.2. The summed E-state index contributed by atoms with van der Waals surface area (Å²) in [5, 5.41) is 22.5. The van der Waals surface area contributed by atoms with Crippen molar-refractivity contribution in [1.29, 1.82) is 0 Å². The van der Waals surface area contributed by atoms with Gasteiger partial charge in [-0.25, -0.2) is 18.1 Å². The topological polar surface area (TPSA) is 111 Å². The maximum atomic E-state index is 13.5. The average molecular weight is 536 g/mol. The molecule has 0 radical (unpaired) electrons. The fraction of sp³-hybridized carbons (Fsp3) is 0.400. The number of ether oxygens (including phenoxy) is 1. The van der Waals surface area contributed by atoms with E-state index in [1.54, 1.807) is 6.20 Å². The number of carbonyl (C=O) groups is 1. The smallest absolute Gasteiger partial charge is 0.416 e. The van der Waals surface area contributed by atoms with Crippen LogP contribution in [0.1, 0.15) is 32.8 Å². The highest BCUT2D eigenvalue weighted by Crippen LogP contribution is 2.34. The molecule has 0 spiro atoms. The quantitative estimate of drug-likeness (QED) is 0.413. The number of phenols is 1. The van der Waals surface area contributed by atoms with Gasteiger partial charge in [-0.3, -0.25) is 5.01 Å². The number of hydrazine groups is 1. The van der Waals surface area contributed by atoms with Crippen molar-refractivity contribution in [3.63, 3.8) is 0 Å². The number of phenolic OH excluding ortho intramolecular Hbond substituents is 1. The fourth-order valence-corrected chi connectivity index (χ4v) is 6.20. The number of nitrogens with zero attached hydrogens (tertiary/aromatic N) is 3. The first-order chi connectivity index (χ1) is 17.1. The van der Waals surface area contributed by atoms with Crippen LogP contribution in [-0.2, 0) is 21.2 Å². The third-order valence-electron chi connectivity index (χ3n) is 5.25. The number of benzene rings is 2. The van der Waals surface area contributed by atoms with Crippen LogP contribution >= 0.6 is 11.8 Å². The summed E-state index contributed by atoms with van der Waals surface area (Å²) in [5.74, 6) is 0.195. The zero-order valence-corrected chi connectivity index (χ0v) is 22.3. The lowest BCUT2D eigenvalue weighted by Gasteiger charge is -2.31. The number of aromatic hydroxyl groups is 1. The van der Waals surface area contributed by atoms with Crippen molar-refractivity contribution in [3.05, 3.63) is 71.4 Å². The Hall–Kier alpha value is -2.73. The van der Waals surface area contributed by atoms with Gasteiger partial charge >= 0.3 is 6.09 Å². The van der Waals surface area contributed by atoms with E-state index in [0.717, 1.165) is 5.56 Å². The molecule has 0 saturated carbocycles. The highest BCUT2D eigenvalue weighted by atomic mass is 32.2. The molecule has 0 aliphatic carbocycles. The van der Waals surface area contributed by atoms with Gasteiger partial charge in [0.15, 0.2) is 0 Å². The van der Waals surface area contributed by atoms with Crippen molar-refractivity contribution >= 4 is 27.9 Å². The van der Waals surface area contributed by atoms with Crippen molar-refractivity contribution in [2.24, 2.45) is 5.92 Å². The van der Waals surface area contributed by atoms with Crippen LogP contribution in [0.25, 0.3) is 0 Å². The summed E-state index contributed by atoms with van der Waals surface area (Å²) >= 11 is 1.23. The summed E-state index contributed by atoms with van der Waals surface area (Å²) in [6.45, 7) is 6.09. The second-order valence-corrected chi connectivity index (χ2v) is 11.5. The Morgan fingerprint density at radius 1 is 1.14 bits per heavy atom. The lowest BCUT2D eigenvalue weighted by atomic mass is 10.1. The van der Waals surface area contributed by atoms with Gasteiger partial charge in [0.2, 0.25) is 0 Å². The number of thioether (sulfide) groups is 1. The van der Waals surface area contributed by atoms with Gasteiger partial charge in [-0.2, -0.15) is 0 Å². The van der Waals surface area contributed by atoms with E-state index in [1.165, 1.54) is 50.4 Å². The van der Waals surface area contributed by atoms with Crippen molar-refractivity contribution in [2.45, 2.75) is 44.7 Å². The summed E-state index contributed by atoms with van der Waals surface area (Å²) in [6, 6.07) is 14.6. The van der Waals surface area contributed by atoms with E-state index >= 15 is 0 Å². The molecule has 1 amide bonds. The van der Waals surface area contributed by atoms with Crippen LogP contribution in [0, 0.1) is 5.92 Å². The fourth-order valence-electron chi connectivity index (χ4n) is 3.52. The van der Waals surface area contributed by atoms with Gasteiger partial charge in [-0.05, 0) is 42.2 Å². The SMILES string of the molecule is CCCOC(=O)N(C1=CN(N(CC(C)C)S(=O)(=O)c2ccc(O)cc2)CS1)C(O)Cc1ccccc1. The molecule has 2 N–H and O–H groups in total. The molecular formula is C25H33N3O6S2. The summed E-state index contributed by atoms with van der Waals surface area (Å²) in [4.78, 5) is 14.2. The molecule has 0 fully saturated rings. The van der Waals surface area contributed by atoms with Gasteiger partial charge < -0.3 is 14.9 Å². The van der Waals surface area contributed by atoms with Crippen LogP contribution in [0.15, 0.2) is 70.7 Å². The van der Waals surface area contributed by atoms with E-state index in [1.807, 2.05) is 51.1 Å². The highest BCUT2D eigenvalue weighted by molar-refractivity contribution is 8.03. The summed E-state index contributed by atoms with van der Waals surface area (Å²) in [5.41, 5.74) is 0.843. The molecule has 9 nitrogen and oxygen atoms in total. The third-order valence-corrected chi connectivity index (χ3v) is 8.02. The molecule has 0 bridgehead atoms. The Morgan fingerprint density at radius 3 is 2.42 bits per heavy atom. The Bertz CT molecular complexity index is 1140. The predicted octanol–water partition coefficient (Wildman–Crippen LogP) is 4.17. The molecule has 0 aromatic heterocycles. The minimum Gasteiger partial charge on any atom is -0.508 e. The standard InChI is InChI=1S/C25H33N3O6S2/c1-4-14-34-25(31)28(23(30)15-20-8-6-5-7-9-20)24-17-26(18-35-24)27(16-19(2)3)36(32,33)22-12-10-21(29)11-13-22/h5-13,17,19,23,29-30H,4,14-16,18H2,1-3H3. The molecule has 0 saturated heterocycles. The Kier molecular flexibility index (Phi) is 9.66. The van der Waals surface area contributed by atoms with Gasteiger partial charge in [0.1, 0.15) is 17.0 Å². The molecule has 2 aromatic rings. The van der Waals surface area contributed by atoms with Gasteiger partial charge in [-0.1, -0.05) is 62.9 Å². The maximum absolute atomic E-state index is 13.5. The van der Waals surface area contributed by atoms with E-state index < -0.39 is 22.3 Å². The summed E-state index contributed by atoms with van der Waals surface area (Å²) < 4.78 is 33.6. The molecule has 36 heavy (non-hydrogen) atoms. The second-order valence-electron chi connectivity index (χ2n) is 8.73. The molecule has 2 aromatic carbocycles. The molecule has 1 atom stereocenters. The van der Waals surface area contributed by atoms with Crippen LogP contribution in [0.3, 0.4) is 0 Å². The Labute approximate surface area is 217 Å². The van der Waals surface area contributed by atoms with Gasteiger partial charge in [0.05, 0.1) is 17.4 Å². The van der Waals surface area contributed by atoms with E-state index in [4.69, 9.17) is 4.74 Å². The lowest BCUT2D eigenvalue weighted by molar-refractivity contribution is 0.0225. The first-order valence-electron chi connectivity index (χ1n) is 11.7. The Morgan fingerprint density at radius 2 is 1.81 bits per heavy atom. The largest absolute Gasteiger partial charge is 0.508 e. The molecule has 1 unspecified atom stereocenters. The lowest BCUT2D eigenvalue weighted by Crippen LogP contribution is -2.44. The van der Waals surface area contributed by atoms with Crippen LogP contribution in [-0.4, -0.2) is 64.3 Å². The van der Waals surface area contributed by atoms with Crippen molar-refractivity contribution < 1.29 is 28.2 Å². The van der Waals surface area contributed by atoms with Gasteiger partial charge in [0.25, 0.3) is 10.0 Å². The third kappa shape index (κ3) is 6.94. The van der Waals surface area contributed by atoms with E-state index in [0.29, 0.717) is 11.4 Å². The highest BCUT2D eigenvalue weighted by Gasteiger charge is 2.36. The number of hydrogen-bond acceptors (Lipinski definition) is 8. The Balaban J connectivity index is 1.92. The molecular weight excluding hydrogens is 502 g/mol. The van der Waals surface area contributed by atoms with E-state index in [-0.39, 0.29) is 42.0 Å². The molecule has 1 aliphatic rings. The maximum Gasteiger partial charge on any atom is 0.416 e. The van der Waals surface area contributed by atoms with Crippen molar-refractivity contribution in [3.8, 4) is 5.75 Å². The first kappa shape index (κ1) is 27.9. The van der Waals surface area contributed by atoms with Crippen molar-refractivity contribution in [1.82, 2.24) is 14.3 Å². The van der Waals surface area contributed by atoms with Crippen LogP contribution in [0.4, 0.5) is 4.79 Å². The number of aliphatic hydroxyl groups excluding tert-OH is 1. The van der Waals surface area contributed by atoms with Crippen molar-refractivity contribution in [2.75, 3.05) is 19.0 Å². The number of hydrogen-bond donors (Lipinski definition) is 2. The normalized spacial score (nSPS) is 14.7. The van der Waals surface area contributed by atoms with E-state index in [9.17, 15) is 23.4 Å². The van der Waals surface area contributed by atoms with Gasteiger partial charge in [-0.15, -0.1) is 4.41 Å². The number of aliphatic hydroxyl groups is 1. The van der Waals surface area contributed by atoms with E-state index in [2.05, 4.69) is 0 Å². The summed E-state index contributed by atoms with van der Waals surface area (Å²) in [7, 11) is -3.96. The predicted molar refractivity (Wildman–Crippen MR) is 139 cm³/mol. The van der Waals surface area contributed by atoms with Crippen LogP contribution in [0.5, 0.6) is 5.75 Å². The molecule has 196 valence electrons. The monoisotopic (exact) mass is 535 g/mol. The number of carbonyl (C=O) groups excluding carboxylic acids is 1. The average Bonchev–Trinajstić information content (AvgIpc) is 3.31. The zero-order valence-electron chi connectivity index (χ0n) is 20.6. The minimum atomic E-state index is -3.96. The zero-order chi connectivity index (χ0) is 26.3.